The number of ether oxygens (including phenoxy) is 1. The standard InChI is InChI=1S/C16H9F3O4/c17-16(18,19)23-10-6-7-12-11(8-10)13(15(20)21)14(22-12)9-4-2-1-3-5-9/h1-8H,(H,20,21). The third-order valence-electron chi connectivity index (χ3n) is 3.14. The van der Waals surface area contributed by atoms with Crippen LogP contribution in [0.15, 0.2) is 52.9 Å². The van der Waals surface area contributed by atoms with Gasteiger partial charge in [0.05, 0.1) is 0 Å². The molecule has 0 radical (unpaired) electrons. The Morgan fingerprint density at radius 1 is 1.09 bits per heavy atom. The SMILES string of the molecule is O=C(O)c1c(-c2ccccc2)oc2ccc(OC(F)(F)F)cc12. The highest BCUT2D eigenvalue weighted by Gasteiger charge is 2.31. The van der Waals surface area contributed by atoms with Gasteiger partial charge in [-0.2, -0.15) is 0 Å². The predicted octanol–water partition coefficient (Wildman–Crippen LogP) is 4.70. The molecule has 0 atom stereocenters. The van der Waals surface area contributed by atoms with E-state index in [-0.39, 0.29) is 22.3 Å². The number of fused-ring (bicyclic) bond motifs is 1. The molecule has 0 bridgehead atoms. The smallest absolute Gasteiger partial charge is 0.478 e. The first kappa shape index (κ1) is 15.0. The van der Waals surface area contributed by atoms with Crippen molar-refractivity contribution in [1.82, 2.24) is 0 Å². The molecular formula is C16H9F3O4. The largest absolute Gasteiger partial charge is 0.573 e. The fraction of sp³-hybridized carbons (Fsp3) is 0.0625. The van der Waals surface area contributed by atoms with Gasteiger partial charge in [0, 0.05) is 10.9 Å². The number of alkyl halides is 3. The molecule has 4 nitrogen and oxygen atoms in total. The van der Waals surface area contributed by atoms with Gasteiger partial charge in [-0.1, -0.05) is 30.3 Å². The van der Waals surface area contributed by atoms with E-state index in [1.807, 2.05) is 0 Å². The minimum atomic E-state index is -4.86. The second-order valence-electron chi connectivity index (χ2n) is 4.68. The molecule has 0 aliphatic heterocycles. The molecule has 118 valence electrons. The van der Waals surface area contributed by atoms with Crippen LogP contribution in [-0.4, -0.2) is 17.4 Å². The zero-order chi connectivity index (χ0) is 16.6. The second kappa shape index (κ2) is 5.35. The number of hydrogen-bond donors (Lipinski definition) is 1. The molecule has 0 fully saturated rings. The molecular weight excluding hydrogens is 313 g/mol. The zero-order valence-electron chi connectivity index (χ0n) is 11.4. The summed E-state index contributed by atoms with van der Waals surface area (Å²) in [5, 5.41) is 9.45. The van der Waals surface area contributed by atoms with E-state index in [2.05, 4.69) is 4.74 Å². The minimum Gasteiger partial charge on any atom is -0.478 e. The van der Waals surface area contributed by atoms with Gasteiger partial charge in [0.25, 0.3) is 0 Å². The number of furan rings is 1. The number of halogens is 3. The summed E-state index contributed by atoms with van der Waals surface area (Å²) in [7, 11) is 0. The summed E-state index contributed by atoms with van der Waals surface area (Å²) in [6.45, 7) is 0. The van der Waals surface area contributed by atoms with Crippen LogP contribution in [0.25, 0.3) is 22.3 Å². The Hall–Kier alpha value is -2.96. The summed E-state index contributed by atoms with van der Waals surface area (Å²) in [6, 6.07) is 11.8. The Kier molecular flexibility index (Phi) is 3.48. The summed E-state index contributed by atoms with van der Waals surface area (Å²) in [6.07, 6.45) is -4.86. The van der Waals surface area contributed by atoms with Crippen molar-refractivity contribution in [3.8, 4) is 17.1 Å². The molecule has 1 heterocycles. The van der Waals surface area contributed by atoms with E-state index in [1.54, 1.807) is 30.3 Å². The first-order valence-electron chi connectivity index (χ1n) is 6.46. The van der Waals surface area contributed by atoms with E-state index in [4.69, 9.17) is 4.42 Å². The Balaban J connectivity index is 2.20. The van der Waals surface area contributed by atoms with E-state index in [1.165, 1.54) is 6.07 Å². The summed E-state index contributed by atoms with van der Waals surface area (Å²) in [5.41, 5.74) is 0.467. The minimum absolute atomic E-state index is 0.0399. The van der Waals surface area contributed by atoms with Crippen molar-refractivity contribution in [1.29, 1.82) is 0 Å². The molecule has 0 spiro atoms. The number of benzene rings is 2. The molecule has 3 rings (SSSR count). The molecule has 0 amide bonds. The van der Waals surface area contributed by atoms with E-state index in [9.17, 15) is 23.1 Å². The lowest BCUT2D eigenvalue weighted by molar-refractivity contribution is -0.274. The summed E-state index contributed by atoms with van der Waals surface area (Å²) in [4.78, 5) is 11.5. The normalized spacial score (nSPS) is 11.6. The Morgan fingerprint density at radius 2 is 1.78 bits per heavy atom. The third-order valence-corrected chi connectivity index (χ3v) is 3.14. The highest BCUT2D eigenvalue weighted by atomic mass is 19.4. The molecule has 1 N–H and O–H groups in total. The summed E-state index contributed by atoms with van der Waals surface area (Å²) >= 11 is 0. The van der Waals surface area contributed by atoms with Gasteiger partial charge >= 0.3 is 12.3 Å². The monoisotopic (exact) mass is 322 g/mol. The molecule has 7 heteroatoms. The Morgan fingerprint density at radius 3 is 2.39 bits per heavy atom. The quantitative estimate of drug-likeness (QED) is 0.759. The maximum atomic E-state index is 12.3. The number of hydrogen-bond acceptors (Lipinski definition) is 3. The lowest BCUT2D eigenvalue weighted by Gasteiger charge is -2.08. The lowest BCUT2D eigenvalue weighted by atomic mass is 10.1. The fourth-order valence-electron chi connectivity index (χ4n) is 2.28. The van der Waals surface area contributed by atoms with Crippen molar-refractivity contribution in [2.75, 3.05) is 0 Å². The van der Waals surface area contributed by atoms with Crippen molar-refractivity contribution in [2.24, 2.45) is 0 Å². The van der Waals surface area contributed by atoms with Crippen molar-refractivity contribution in [2.45, 2.75) is 6.36 Å². The van der Waals surface area contributed by atoms with Crippen molar-refractivity contribution in [3.63, 3.8) is 0 Å². The van der Waals surface area contributed by atoms with Gasteiger partial charge in [0.15, 0.2) is 0 Å². The van der Waals surface area contributed by atoms with Gasteiger partial charge in [-0.3, -0.25) is 0 Å². The van der Waals surface area contributed by atoms with E-state index in [0.717, 1.165) is 12.1 Å². The molecule has 23 heavy (non-hydrogen) atoms. The summed E-state index contributed by atoms with van der Waals surface area (Å²) < 4.78 is 46.3. The van der Waals surface area contributed by atoms with Crippen LogP contribution in [0.3, 0.4) is 0 Å². The summed E-state index contributed by atoms with van der Waals surface area (Å²) in [5.74, 6) is -1.73. The van der Waals surface area contributed by atoms with Crippen LogP contribution in [0, 0.1) is 0 Å². The maximum Gasteiger partial charge on any atom is 0.573 e. The molecule has 0 aliphatic rings. The van der Waals surface area contributed by atoms with E-state index >= 15 is 0 Å². The zero-order valence-corrected chi connectivity index (χ0v) is 11.4. The van der Waals surface area contributed by atoms with Crippen molar-refractivity contribution >= 4 is 16.9 Å². The van der Waals surface area contributed by atoms with Crippen LogP contribution in [0.2, 0.25) is 0 Å². The third kappa shape index (κ3) is 2.98. The van der Waals surface area contributed by atoms with Gasteiger partial charge in [-0.05, 0) is 18.2 Å². The average molecular weight is 322 g/mol. The van der Waals surface area contributed by atoms with Gasteiger partial charge in [-0.15, -0.1) is 13.2 Å². The number of carbonyl (C=O) groups is 1. The number of aromatic carboxylic acids is 1. The van der Waals surface area contributed by atoms with Crippen molar-refractivity contribution in [3.05, 3.63) is 54.1 Å². The topological polar surface area (TPSA) is 59.7 Å². The highest BCUT2D eigenvalue weighted by Crippen LogP contribution is 2.36. The van der Waals surface area contributed by atoms with Crippen LogP contribution in [0.4, 0.5) is 13.2 Å². The highest BCUT2D eigenvalue weighted by molar-refractivity contribution is 6.08. The van der Waals surface area contributed by atoms with Gasteiger partial charge in [0.2, 0.25) is 0 Å². The lowest BCUT2D eigenvalue weighted by Crippen LogP contribution is -2.17. The van der Waals surface area contributed by atoms with Gasteiger partial charge in [-0.25, -0.2) is 4.79 Å². The van der Waals surface area contributed by atoms with Crippen LogP contribution in [0.1, 0.15) is 10.4 Å². The van der Waals surface area contributed by atoms with Crippen LogP contribution in [-0.2, 0) is 0 Å². The van der Waals surface area contributed by atoms with Crippen LogP contribution in [0.5, 0.6) is 5.75 Å². The Bertz CT molecular complexity index is 866. The first-order chi connectivity index (χ1) is 10.8. The van der Waals surface area contributed by atoms with E-state index < -0.39 is 18.1 Å². The maximum absolute atomic E-state index is 12.3. The fourth-order valence-corrected chi connectivity index (χ4v) is 2.28. The van der Waals surface area contributed by atoms with Gasteiger partial charge < -0.3 is 14.3 Å². The average Bonchev–Trinajstić information content (AvgIpc) is 2.85. The van der Waals surface area contributed by atoms with Crippen LogP contribution < -0.4 is 4.74 Å². The first-order valence-corrected chi connectivity index (χ1v) is 6.46. The number of rotatable bonds is 3. The number of carboxylic acids is 1. The number of carboxylic acid groups (broad SMARTS) is 1. The Labute approximate surface area is 127 Å². The molecule has 0 saturated carbocycles. The molecule has 3 aromatic rings. The molecule has 0 aliphatic carbocycles. The second-order valence-corrected chi connectivity index (χ2v) is 4.68. The van der Waals surface area contributed by atoms with Crippen molar-refractivity contribution < 1.29 is 32.2 Å². The molecule has 0 unspecified atom stereocenters. The molecule has 1 aromatic heterocycles. The van der Waals surface area contributed by atoms with E-state index in [0.29, 0.717) is 5.56 Å². The predicted molar refractivity (Wildman–Crippen MR) is 75.3 cm³/mol. The van der Waals surface area contributed by atoms with Gasteiger partial charge in [0.1, 0.15) is 22.7 Å². The molecule has 0 saturated heterocycles. The van der Waals surface area contributed by atoms with Crippen LogP contribution >= 0.6 is 0 Å². The molecule has 2 aromatic carbocycles.